The van der Waals surface area contributed by atoms with Gasteiger partial charge in [0.15, 0.2) is 5.82 Å². The number of hydrogen-bond donors (Lipinski definition) is 1. The smallest absolute Gasteiger partial charge is 0.318 e. The second kappa shape index (κ2) is 10.9. The van der Waals surface area contributed by atoms with E-state index in [-0.39, 0.29) is 6.01 Å². The molecule has 2 saturated heterocycles. The van der Waals surface area contributed by atoms with Crippen molar-refractivity contribution in [3.05, 3.63) is 41.6 Å². The molecule has 1 spiro atoms. The molecule has 2 fully saturated rings. The van der Waals surface area contributed by atoms with E-state index in [1.807, 2.05) is 0 Å². The number of carbonyl (C=O) groups excluding carboxylic acids is 1. The molecule has 3 heterocycles. The van der Waals surface area contributed by atoms with Crippen molar-refractivity contribution in [1.82, 2.24) is 14.9 Å². The summed E-state index contributed by atoms with van der Waals surface area (Å²) in [7, 11) is 3.37. The number of piperidine rings is 1. The number of nitrogens with zero attached hydrogens (tertiary/aromatic N) is 4. The number of rotatable bonds is 11. The van der Waals surface area contributed by atoms with Gasteiger partial charge in [0, 0.05) is 26.1 Å². The molecular formula is C24H33N5O4. The van der Waals surface area contributed by atoms with Crippen molar-refractivity contribution in [3.8, 4) is 6.01 Å². The molecule has 2 aromatic rings. The summed E-state index contributed by atoms with van der Waals surface area (Å²) in [4.78, 5) is 24.6. The molecule has 2 aliphatic heterocycles. The van der Waals surface area contributed by atoms with Crippen LogP contribution in [-0.4, -0.2) is 75.0 Å². The lowest BCUT2D eigenvalue weighted by Gasteiger charge is -2.47. The second-order valence-corrected chi connectivity index (χ2v) is 8.80. The highest BCUT2D eigenvalue weighted by Gasteiger charge is 2.40. The third kappa shape index (κ3) is 5.79. The van der Waals surface area contributed by atoms with Crippen LogP contribution in [0.15, 0.2) is 30.5 Å². The van der Waals surface area contributed by atoms with Gasteiger partial charge in [-0.05, 0) is 37.1 Å². The maximum atomic E-state index is 11.9. The van der Waals surface area contributed by atoms with Crippen LogP contribution < -0.4 is 15.0 Å². The first-order valence-corrected chi connectivity index (χ1v) is 11.4. The maximum Gasteiger partial charge on any atom is 0.318 e. The van der Waals surface area contributed by atoms with E-state index in [0.29, 0.717) is 36.7 Å². The Morgan fingerprint density at radius 3 is 2.52 bits per heavy atom. The highest BCUT2D eigenvalue weighted by molar-refractivity contribution is 5.80. The monoisotopic (exact) mass is 455 g/mol. The Bertz CT molecular complexity index is 910. The zero-order valence-electron chi connectivity index (χ0n) is 19.5. The van der Waals surface area contributed by atoms with Gasteiger partial charge in [-0.3, -0.25) is 14.6 Å². The Hall–Kier alpha value is -2.75. The van der Waals surface area contributed by atoms with Crippen molar-refractivity contribution < 1.29 is 19.0 Å². The molecule has 1 amide bonds. The Balaban J connectivity index is 1.37. The largest absolute Gasteiger partial charge is 0.461 e. The summed E-state index contributed by atoms with van der Waals surface area (Å²) in [6.45, 7) is 6.24. The van der Waals surface area contributed by atoms with E-state index >= 15 is 0 Å². The average molecular weight is 456 g/mol. The number of ether oxygens (including phenoxy) is 3. The average Bonchev–Trinajstić information content (AvgIpc) is 2.83. The Morgan fingerprint density at radius 2 is 1.91 bits per heavy atom. The second-order valence-electron chi connectivity index (χ2n) is 8.80. The first-order chi connectivity index (χ1) is 16.1. The lowest BCUT2D eigenvalue weighted by Crippen LogP contribution is -2.50. The molecule has 0 saturated carbocycles. The highest BCUT2D eigenvalue weighted by atomic mass is 16.5. The van der Waals surface area contributed by atoms with Crippen LogP contribution >= 0.6 is 0 Å². The van der Waals surface area contributed by atoms with Crippen LogP contribution in [0.25, 0.3) is 0 Å². The molecule has 2 aliphatic rings. The van der Waals surface area contributed by atoms with Gasteiger partial charge in [-0.25, -0.2) is 4.98 Å². The van der Waals surface area contributed by atoms with Crippen molar-refractivity contribution in [3.63, 3.8) is 0 Å². The molecule has 9 heteroatoms. The predicted octanol–water partition coefficient (Wildman–Crippen LogP) is 2.32. The fourth-order valence-electron chi connectivity index (χ4n) is 4.27. The van der Waals surface area contributed by atoms with E-state index in [9.17, 15) is 4.79 Å². The number of hydrogen-bond acceptors (Lipinski definition) is 8. The van der Waals surface area contributed by atoms with Crippen LogP contribution in [0.1, 0.15) is 24.0 Å². The summed E-state index contributed by atoms with van der Waals surface area (Å²) in [6.07, 6.45) is 4.85. The summed E-state index contributed by atoms with van der Waals surface area (Å²) in [6, 6.07) is 8.65. The van der Waals surface area contributed by atoms with Crippen molar-refractivity contribution in [2.75, 3.05) is 63.9 Å². The minimum atomic E-state index is 0.208. The van der Waals surface area contributed by atoms with Crippen molar-refractivity contribution in [2.24, 2.45) is 5.41 Å². The third-order valence-corrected chi connectivity index (χ3v) is 6.45. The van der Waals surface area contributed by atoms with E-state index in [2.05, 4.69) is 44.5 Å². The minimum Gasteiger partial charge on any atom is -0.461 e. The lowest BCUT2D eigenvalue weighted by molar-refractivity contribution is -0.140. The first-order valence-electron chi connectivity index (χ1n) is 11.4. The van der Waals surface area contributed by atoms with Gasteiger partial charge < -0.3 is 19.5 Å². The zero-order valence-corrected chi connectivity index (χ0v) is 19.5. The number of benzene rings is 1. The van der Waals surface area contributed by atoms with Crippen LogP contribution in [0.3, 0.4) is 0 Å². The maximum absolute atomic E-state index is 11.9. The quantitative estimate of drug-likeness (QED) is 0.408. The molecule has 1 aromatic heterocycles. The van der Waals surface area contributed by atoms with Gasteiger partial charge in [0.2, 0.25) is 6.41 Å². The van der Waals surface area contributed by atoms with Gasteiger partial charge in [0.25, 0.3) is 0 Å². The molecule has 178 valence electrons. The molecule has 0 unspecified atom stereocenters. The van der Waals surface area contributed by atoms with E-state index < -0.39 is 0 Å². The fraction of sp³-hybridized carbons (Fsp3) is 0.542. The SMILES string of the molecule is CNc1cnc(OCCOC)nc1N(C=O)Cc1ccc(CN2CCC3(CC2)COC3)cc1. The van der Waals surface area contributed by atoms with Gasteiger partial charge in [0.1, 0.15) is 6.61 Å². The summed E-state index contributed by atoms with van der Waals surface area (Å²) in [5.41, 5.74) is 3.42. The molecule has 9 nitrogen and oxygen atoms in total. The van der Waals surface area contributed by atoms with Crippen LogP contribution in [0.4, 0.5) is 11.5 Å². The summed E-state index contributed by atoms with van der Waals surface area (Å²) >= 11 is 0. The fourth-order valence-corrected chi connectivity index (χ4v) is 4.27. The molecule has 1 aromatic carbocycles. The van der Waals surface area contributed by atoms with Gasteiger partial charge in [-0.15, -0.1) is 0 Å². The molecule has 0 atom stereocenters. The summed E-state index contributed by atoms with van der Waals surface area (Å²) in [5.74, 6) is 0.473. The summed E-state index contributed by atoms with van der Waals surface area (Å²) in [5, 5.41) is 3.04. The number of methoxy groups -OCH3 is 1. The van der Waals surface area contributed by atoms with Gasteiger partial charge in [-0.2, -0.15) is 4.98 Å². The van der Waals surface area contributed by atoms with Crippen LogP contribution in [0.2, 0.25) is 0 Å². The predicted molar refractivity (Wildman–Crippen MR) is 125 cm³/mol. The number of amides is 1. The van der Waals surface area contributed by atoms with Crippen molar-refractivity contribution >= 4 is 17.9 Å². The topological polar surface area (TPSA) is 89.1 Å². The van der Waals surface area contributed by atoms with Gasteiger partial charge in [0.05, 0.1) is 38.2 Å². The van der Waals surface area contributed by atoms with Crippen molar-refractivity contribution in [2.45, 2.75) is 25.9 Å². The number of carbonyl (C=O) groups is 1. The molecule has 1 N–H and O–H groups in total. The zero-order chi connectivity index (χ0) is 23.1. The molecule has 4 rings (SSSR count). The molecule has 0 aliphatic carbocycles. The Labute approximate surface area is 195 Å². The number of aromatic nitrogens is 2. The molecular weight excluding hydrogens is 422 g/mol. The van der Waals surface area contributed by atoms with E-state index in [1.54, 1.807) is 25.3 Å². The van der Waals surface area contributed by atoms with Gasteiger partial charge >= 0.3 is 6.01 Å². The number of nitrogens with one attached hydrogen (secondary N) is 1. The summed E-state index contributed by atoms with van der Waals surface area (Å²) < 4.78 is 15.9. The number of anilines is 2. The lowest BCUT2D eigenvalue weighted by atomic mass is 9.77. The van der Waals surface area contributed by atoms with Crippen molar-refractivity contribution in [1.29, 1.82) is 0 Å². The first kappa shape index (κ1) is 23.4. The highest BCUT2D eigenvalue weighted by Crippen LogP contribution is 2.38. The van der Waals surface area contributed by atoms with E-state index in [0.717, 1.165) is 44.8 Å². The molecule has 0 bridgehead atoms. The normalized spacial score (nSPS) is 17.4. The Kier molecular flexibility index (Phi) is 7.74. The standard InChI is InChI=1S/C24H33N5O4/c1-25-21-13-26-23(33-12-11-31-2)27-22(21)29(18-30)15-20-5-3-19(4-6-20)14-28-9-7-24(8-10-28)16-32-17-24/h3-6,13,18,25H,7-12,14-17H2,1-2H3. The van der Waals surface area contributed by atoms with E-state index in [4.69, 9.17) is 14.2 Å². The van der Waals surface area contributed by atoms with E-state index in [1.165, 1.54) is 18.4 Å². The van der Waals surface area contributed by atoms with Gasteiger partial charge in [-0.1, -0.05) is 24.3 Å². The Morgan fingerprint density at radius 1 is 1.18 bits per heavy atom. The number of likely N-dealkylation sites (tertiary alicyclic amines) is 1. The van der Waals surface area contributed by atoms with Crippen LogP contribution in [0, 0.1) is 5.41 Å². The van der Waals surface area contributed by atoms with Crippen LogP contribution in [-0.2, 0) is 27.4 Å². The molecule has 33 heavy (non-hydrogen) atoms. The molecule has 0 radical (unpaired) electrons. The van der Waals surface area contributed by atoms with Crippen LogP contribution in [0.5, 0.6) is 6.01 Å². The third-order valence-electron chi connectivity index (χ3n) is 6.45. The minimum absolute atomic E-state index is 0.208.